The molecule has 0 aliphatic heterocycles. The summed E-state index contributed by atoms with van der Waals surface area (Å²) in [6.07, 6.45) is 8.07. The van der Waals surface area contributed by atoms with Gasteiger partial charge in [-0.1, -0.05) is 13.8 Å². The van der Waals surface area contributed by atoms with Crippen molar-refractivity contribution in [3.05, 3.63) is 0 Å². The Bertz CT molecular complexity index is 275. The van der Waals surface area contributed by atoms with Crippen molar-refractivity contribution in [1.29, 1.82) is 0 Å². The summed E-state index contributed by atoms with van der Waals surface area (Å²) in [5.41, 5.74) is 0.574. The second kappa shape index (κ2) is 6.96. The minimum Gasteiger partial charge on any atom is -0.356 e. The molecule has 2 aliphatic rings. The van der Waals surface area contributed by atoms with Gasteiger partial charge in [0, 0.05) is 19.6 Å². The van der Waals surface area contributed by atoms with E-state index in [0.29, 0.717) is 11.5 Å². The van der Waals surface area contributed by atoms with E-state index in [1.165, 1.54) is 38.5 Å². The van der Waals surface area contributed by atoms with Gasteiger partial charge in [-0.25, -0.2) is 0 Å². The maximum atomic E-state index is 4.28. The number of nitrogens with zero attached hydrogens (tertiary/aromatic N) is 1. The van der Waals surface area contributed by atoms with E-state index in [9.17, 15) is 0 Å². The Morgan fingerprint density at radius 1 is 1.17 bits per heavy atom. The second-order valence-corrected chi connectivity index (χ2v) is 6.48. The lowest BCUT2D eigenvalue weighted by molar-refractivity contribution is 0.192. The largest absolute Gasteiger partial charge is 0.356 e. The summed E-state index contributed by atoms with van der Waals surface area (Å²) >= 11 is 0. The van der Waals surface area contributed by atoms with E-state index in [2.05, 4.69) is 29.5 Å². The van der Waals surface area contributed by atoms with Gasteiger partial charge in [0.2, 0.25) is 0 Å². The van der Waals surface area contributed by atoms with Crippen LogP contribution in [0.25, 0.3) is 0 Å². The number of hydrogen-bond donors (Lipinski definition) is 2. The van der Waals surface area contributed by atoms with Crippen molar-refractivity contribution < 1.29 is 0 Å². The summed E-state index contributed by atoms with van der Waals surface area (Å²) in [6, 6.07) is 0.687. The standard InChI is InChI=1S/C14H27N3.HI/c1-14(2)8-6-11(7-9-14)10-16-13(15-3)17-12-4-5-12;/h11-12H,4-10H2,1-3H3,(H2,15,16,17);1H. The Labute approximate surface area is 129 Å². The molecule has 0 heterocycles. The number of aliphatic imine (C=N–C) groups is 1. The molecule has 106 valence electrons. The highest BCUT2D eigenvalue weighted by atomic mass is 127. The van der Waals surface area contributed by atoms with E-state index >= 15 is 0 Å². The van der Waals surface area contributed by atoms with Gasteiger partial charge < -0.3 is 10.6 Å². The summed E-state index contributed by atoms with van der Waals surface area (Å²) < 4.78 is 0. The zero-order valence-electron chi connectivity index (χ0n) is 12.0. The highest BCUT2D eigenvalue weighted by molar-refractivity contribution is 14.0. The second-order valence-electron chi connectivity index (χ2n) is 6.48. The number of guanidine groups is 1. The van der Waals surface area contributed by atoms with Gasteiger partial charge in [0.1, 0.15) is 0 Å². The molecule has 0 aromatic rings. The molecule has 0 bridgehead atoms. The van der Waals surface area contributed by atoms with Crippen LogP contribution in [0.5, 0.6) is 0 Å². The average Bonchev–Trinajstić information content (AvgIpc) is 3.09. The lowest BCUT2D eigenvalue weighted by Crippen LogP contribution is -2.41. The molecule has 0 spiro atoms. The fourth-order valence-corrected chi connectivity index (χ4v) is 2.52. The van der Waals surface area contributed by atoms with E-state index in [1.54, 1.807) is 0 Å². The molecule has 0 aromatic carbocycles. The van der Waals surface area contributed by atoms with Crippen molar-refractivity contribution in [2.24, 2.45) is 16.3 Å². The summed E-state index contributed by atoms with van der Waals surface area (Å²) in [6.45, 7) is 5.87. The molecule has 0 saturated heterocycles. The lowest BCUT2D eigenvalue weighted by atomic mass is 9.73. The van der Waals surface area contributed by atoms with Crippen molar-refractivity contribution in [3.63, 3.8) is 0 Å². The van der Waals surface area contributed by atoms with Crippen molar-refractivity contribution >= 4 is 29.9 Å². The number of nitrogens with one attached hydrogen (secondary N) is 2. The highest BCUT2D eigenvalue weighted by Crippen LogP contribution is 2.37. The Morgan fingerprint density at radius 3 is 2.28 bits per heavy atom. The molecule has 0 aromatic heterocycles. The lowest BCUT2D eigenvalue weighted by Gasteiger charge is -2.34. The van der Waals surface area contributed by atoms with Crippen LogP contribution in [0.15, 0.2) is 4.99 Å². The molecule has 18 heavy (non-hydrogen) atoms. The van der Waals surface area contributed by atoms with Crippen LogP contribution in [-0.4, -0.2) is 25.6 Å². The molecule has 0 unspecified atom stereocenters. The summed E-state index contributed by atoms with van der Waals surface area (Å²) in [5, 5.41) is 6.91. The molecule has 0 amide bonds. The van der Waals surface area contributed by atoms with Crippen molar-refractivity contribution in [1.82, 2.24) is 10.6 Å². The minimum atomic E-state index is 0. The van der Waals surface area contributed by atoms with Crippen LogP contribution in [0.4, 0.5) is 0 Å². The van der Waals surface area contributed by atoms with Crippen molar-refractivity contribution in [2.75, 3.05) is 13.6 Å². The molecular formula is C14H28IN3. The molecule has 0 radical (unpaired) electrons. The van der Waals surface area contributed by atoms with E-state index < -0.39 is 0 Å². The van der Waals surface area contributed by atoms with Crippen molar-refractivity contribution in [2.45, 2.75) is 58.4 Å². The monoisotopic (exact) mass is 365 g/mol. The first kappa shape index (κ1) is 16.1. The van der Waals surface area contributed by atoms with Crippen molar-refractivity contribution in [3.8, 4) is 0 Å². The Morgan fingerprint density at radius 2 is 1.78 bits per heavy atom. The van der Waals surface area contributed by atoms with Gasteiger partial charge in [-0.2, -0.15) is 0 Å². The third kappa shape index (κ3) is 5.33. The molecule has 2 N–H and O–H groups in total. The fraction of sp³-hybridized carbons (Fsp3) is 0.929. The molecule has 3 nitrogen and oxygen atoms in total. The molecule has 4 heteroatoms. The van der Waals surface area contributed by atoms with Crippen LogP contribution >= 0.6 is 24.0 Å². The number of rotatable bonds is 3. The highest BCUT2D eigenvalue weighted by Gasteiger charge is 2.27. The Balaban J connectivity index is 0.00000162. The first-order chi connectivity index (χ1) is 8.09. The first-order valence-corrected chi connectivity index (χ1v) is 7.06. The maximum absolute atomic E-state index is 4.28. The predicted molar refractivity (Wildman–Crippen MR) is 88.7 cm³/mol. The molecule has 2 fully saturated rings. The normalized spacial score (nSPS) is 24.3. The van der Waals surface area contributed by atoms with Crippen LogP contribution < -0.4 is 10.6 Å². The minimum absolute atomic E-state index is 0. The number of halogens is 1. The Hall–Kier alpha value is 0. The topological polar surface area (TPSA) is 36.4 Å². The van der Waals surface area contributed by atoms with Gasteiger partial charge in [0.15, 0.2) is 5.96 Å². The average molecular weight is 365 g/mol. The number of hydrogen-bond acceptors (Lipinski definition) is 1. The van der Waals surface area contributed by atoms with E-state index in [-0.39, 0.29) is 24.0 Å². The quantitative estimate of drug-likeness (QED) is 0.458. The maximum Gasteiger partial charge on any atom is 0.191 e. The van der Waals surface area contributed by atoms with Crippen LogP contribution in [0.2, 0.25) is 0 Å². The van der Waals surface area contributed by atoms with Gasteiger partial charge in [-0.05, 0) is 49.9 Å². The molecule has 2 saturated carbocycles. The molecule has 2 aliphatic carbocycles. The van der Waals surface area contributed by atoms with E-state index in [1.807, 2.05) is 7.05 Å². The smallest absolute Gasteiger partial charge is 0.191 e. The van der Waals surface area contributed by atoms with Gasteiger partial charge in [-0.3, -0.25) is 4.99 Å². The van der Waals surface area contributed by atoms with E-state index in [4.69, 9.17) is 0 Å². The van der Waals surface area contributed by atoms with Crippen LogP contribution in [0, 0.1) is 11.3 Å². The van der Waals surface area contributed by atoms with Gasteiger partial charge in [0.25, 0.3) is 0 Å². The first-order valence-electron chi connectivity index (χ1n) is 7.06. The summed E-state index contributed by atoms with van der Waals surface area (Å²) in [4.78, 5) is 4.28. The zero-order chi connectivity index (χ0) is 12.3. The van der Waals surface area contributed by atoms with Crippen LogP contribution in [-0.2, 0) is 0 Å². The third-order valence-corrected chi connectivity index (χ3v) is 4.16. The van der Waals surface area contributed by atoms with Gasteiger partial charge in [-0.15, -0.1) is 24.0 Å². The third-order valence-electron chi connectivity index (χ3n) is 4.16. The molecule has 2 rings (SSSR count). The van der Waals surface area contributed by atoms with Crippen LogP contribution in [0.1, 0.15) is 52.4 Å². The Kier molecular flexibility index (Phi) is 6.21. The SMILES string of the molecule is CN=C(NCC1CCC(C)(C)CC1)NC1CC1.I. The fourth-order valence-electron chi connectivity index (χ4n) is 2.52. The predicted octanol–water partition coefficient (Wildman–Crippen LogP) is 3.15. The molecular weight excluding hydrogens is 337 g/mol. The summed E-state index contributed by atoms with van der Waals surface area (Å²) in [7, 11) is 1.86. The molecule has 0 atom stereocenters. The van der Waals surface area contributed by atoms with E-state index in [0.717, 1.165) is 18.4 Å². The van der Waals surface area contributed by atoms with Gasteiger partial charge >= 0.3 is 0 Å². The van der Waals surface area contributed by atoms with Crippen LogP contribution in [0.3, 0.4) is 0 Å². The van der Waals surface area contributed by atoms with Gasteiger partial charge in [0.05, 0.1) is 0 Å². The summed E-state index contributed by atoms with van der Waals surface area (Å²) in [5.74, 6) is 1.83. The zero-order valence-corrected chi connectivity index (χ0v) is 14.3.